The number of hydrogen-bond donors (Lipinski definition) is 2. The number of hydrogen-bond acceptors (Lipinski definition) is 4. The van der Waals surface area contributed by atoms with Gasteiger partial charge < -0.3 is 10.2 Å². The largest absolute Gasteiger partial charge is 0.478 e. The maximum atomic E-state index is 11.5. The summed E-state index contributed by atoms with van der Waals surface area (Å²) in [5, 5.41) is 17.3. The van der Waals surface area contributed by atoms with Gasteiger partial charge in [0.2, 0.25) is 0 Å². The molecule has 1 aromatic rings. The minimum atomic E-state index is -3.66. The van der Waals surface area contributed by atoms with Gasteiger partial charge in [-0.25, -0.2) is 13.2 Å². The molecule has 0 aliphatic heterocycles. The van der Waals surface area contributed by atoms with Crippen LogP contribution in [0.25, 0.3) is 0 Å². The van der Waals surface area contributed by atoms with Crippen molar-refractivity contribution in [1.82, 2.24) is 0 Å². The summed E-state index contributed by atoms with van der Waals surface area (Å²) in [5.41, 5.74) is -0.277. The highest BCUT2D eigenvalue weighted by atomic mass is 35.5. The Bertz CT molecular complexity index is 509. The minimum Gasteiger partial charge on any atom is -0.478 e. The Morgan fingerprint density at radius 1 is 1.38 bits per heavy atom. The van der Waals surface area contributed by atoms with Gasteiger partial charge in [0, 0.05) is 0 Å². The second-order valence-electron chi connectivity index (χ2n) is 2.99. The third-order valence-corrected chi connectivity index (χ3v) is 3.91. The fraction of sp³-hybridized carbons (Fsp3) is 0.222. The molecule has 0 aliphatic rings. The minimum absolute atomic E-state index is 0.0320. The number of aromatic carboxylic acids is 1. The number of sulfone groups is 1. The molecule has 0 unspecified atom stereocenters. The van der Waals surface area contributed by atoms with Gasteiger partial charge in [-0.05, 0) is 18.2 Å². The number of aliphatic hydroxyl groups excluding tert-OH is 1. The standard InChI is InChI=1S/C9H9ClO5S/c10-8-2-1-6(5-7(8)9(12)13)16(14,15)4-3-11/h1-2,5,11H,3-4H2,(H,12,13). The van der Waals surface area contributed by atoms with Crippen LogP contribution in [-0.2, 0) is 9.84 Å². The van der Waals surface area contributed by atoms with E-state index in [0.717, 1.165) is 6.07 Å². The van der Waals surface area contributed by atoms with Crippen LogP contribution < -0.4 is 0 Å². The van der Waals surface area contributed by atoms with Crippen LogP contribution in [0.3, 0.4) is 0 Å². The van der Waals surface area contributed by atoms with Gasteiger partial charge in [-0.3, -0.25) is 0 Å². The molecule has 16 heavy (non-hydrogen) atoms. The highest BCUT2D eigenvalue weighted by Gasteiger charge is 2.17. The topological polar surface area (TPSA) is 91.7 Å². The number of carbonyl (C=O) groups is 1. The molecule has 2 N–H and O–H groups in total. The summed E-state index contributed by atoms with van der Waals surface area (Å²) in [4.78, 5) is 10.6. The van der Waals surface area contributed by atoms with Gasteiger partial charge in [0.25, 0.3) is 0 Å². The number of carboxylic acid groups (broad SMARTS) is 1. The Morgan fingerprint density at radius 3 is 2.50 bits per heavy atom. The van der Waals surface area contributed by atoms with Gasteiger partial charge in [0.1, 0.15) is 0 Å². The zero-order valence-corrected chi connectivity index (χ0v) is 9.62. The van der Waals surface area contributed by atoms with Crippen molar-refractivity contribution < 1.29 is 23.4 Å². The average Bonchev–Trinajstić information content (AvgIpc) is 2.17. The Labute approximate surface area is 97.2 Å². The van der Waals surface area contributed by atoms with Crippen molar-refractivity contribution in [1.29, 1.82) is 0 Å². The van der Waals surface area contributed by atoms with Crippen molar-refractivity contribution in [3.8, 4) is 0 Å². The summed E-state index contributed by atoms with van der Waals surface area (Å²) >= 11 is 5.59. The van der Waals surface area contributed by atoms with Gasteiger partial charge in [0.05, 0.1) is 27.8 Å². The number of carboxylic acids is 1. The van der Waals surface area contributed by atoms with E-state index < -0.39 is 28.2 Å². The second-order valence-corrected chi connectivity index (χ2v) is 5.51. The van der Waals surface area contributed by atoms with Gasteiger partial charge in [-0.15, -0.1) is 0 Å². The van der Waals surface area contributed by atoms with Crippen LogP contribution in [0.5, 0.6) is 0 Å². The van der Waals surface area contributed by atoms with Crippen LogP contribution in [0.4, 0.5) is 0 Å². The maximum Gasteiger partial charge on any atom is 0.337 e. The third-order valence-electron chi connectivity index (χ3n) is 1.89. The normalized spacial score (nSPS) is 11.4. The molecule has 1 aromatic carbocycles. The quantitative estimate of drug-likeness (QED) is 0.839. The summed E-state index contributed by atoms with van der Waals surface area (Å²) in [7, 11) is -3.66. The molecule has 0 saturated carbocycles. The number of aliphatic hydroxyl groups is 1. The van der Waals surface area contributed by atoms with Gasteiger partial charge in [-0.2, -0.15) is 0 Å². The monoisotopic (exact) mass is 264 g/mol. The van der Waals surface area contributed by atoms with E-state index in [1.54, 1.807) is 0 Å². The highest BCUT2D eigenvalue weighted by Crippen LogP contribution is 2.21. The molecule has 88 valence electrons. The first-order valence-corrected chi connectivity index (χ1v) is 6.28. The van der Waals surface area contributed by atoms with E-state index in [-0.39, 0.29) is 15.5 Å². The lowest BCUT2D eigenvalue weighted by Gasteiger charge is -2.04. The molecular weight excluding hydrogens is 256 g/mol. The van der Waals surface area contributed by atoms with Crippen LogP contribution in [0, 0.1) is 0 Å². The summed E-state index contributed by atoms with van der Waals surface area (Å²) in [5.74, 6) is -1.75. The molecule has 0 spiro atoms. The fourth-order valence-corrected chi connectivity index (χ4v) is 2.35. The first-order valence-electron chi connectivity index (χ1n) is 4.25. The zero-order valence-electron chi connectivity index (χ0n) is 8.05. The van der Waals surface area contributed by atoms with E-state index in [1.807, 2.05) is 0 Å². The molecule has 0 amide bonds. The highest BCUT2D eigenvalue weighted by molar-refractivity contribution is 7.91. The SMILES string of the molecule is O=C(O)c1cc(S(=O)(=O)CCO)ccc1Cl. The van der Waals surface area contributed by atoms with Crippen LogP contribution >= 0.6 is 11.6 Å². The lowest BCUT2D eigenvalue weighted by Crippen LogP contribution is -2.11. The lowest BCUT2D eigenvalue weighted by atomic mass is 10.2. The maximum absolute atomic E-state index is 11.5. The van der Waals surface area contributed by atoms with Gasteiger partial charge >= 0.3 is 5.97 Å². The Kier molecular flexibility index (Phi) is 3.90. The molecule has 1 rings (SSSR count). The fourth-order valence-electron chi connectivity index (χ4n) is 1.10. The molecule has 0 saturated heterocycles. The number of benzene rings is 1. The smallest absolute Gasteiger partial charge is 0.337 e. The number of rotatable bonds is 4. The average molecular weight is 265 g/mol. The van der Waals surface area contributed by atoms with Crippen molar-refractivity contribution in [2.24, 2.45) is 0 Å². The Hall–Kier alpha value is -1.11. The van der Waals surface area contributed by atoms with E-state index in [4.69, 9.17) is 21.8 Å². The van der Waals surface area contributed by atoms with E-state index in [1.165, 1.54) is 12.1 Å². The molecule has 7 heteroatoms. The summed E-state index contributed by atoms with van der Waals surface area (Å²) < 4.78 is 23.0. The molecule has 0 bridgehead atoms. The molecule has 0 aliphatic carbocycles. The van der Waals surface area contributed by atoms with Crippen molar-refractivity contribution >= 4 is 27.4 Å². The molecule has 0 heterocycles. The zero-order chi connectivity index (χ0) is 12.3. The van der Waals surface area contributed by atoms with Crippen LogP contribution in [0.1, 0.15) is 10.4 Å². The van der Waals surface area contributed by atoms with Crippen molar-refractivity contribution in [2.75, 3.05) is 12.4 Å². The molecule has 0 radical (unpaired) electrons. The van der Waals surface area contributed by atoms with Crippen LogP contribution in [0.15, 0.2) is 23.1 Å². The predicted octanol–water partition coefficient (Wildman–Crippen LogP) is 0.804. The second kappa shape index (κ2) is 4.82. The van der Waals surface area contributed by atoms with E-state index in [9.17, 15) is 13.2 Å². The summed E-state index contributed by atoms with van der Waals surface area (Å²) in [6.07, 6.45) is 0. The first kappa shape index (κ1) is 13.0. The van der Waals surface area contributed by atoms with E-state index in [2.05, 4.69) is 0 Å². The molecular formula is C9H9ClO5S. The van der Waals surface area contributed by atoms with E-state index >= 15 is 0 Å². The molecule has 5 nitrogen and oxygen atoms in total. The van der Waals surface area contributed by atoms with Crippen molar-refractivity contribution in [2.45, 2.75) is 4.90 Å². The van der Waals surface area contributed by atoms with Crippen LogP contribution in [0.2, 0.25) is 5.02 Å². The van der Waals surface area contributed by atoms with Crippen molar-refractivity contribution in [3.05, 3.63) is 28.8 Å². The molecule has 0 atom stereocenters. The first-order chi connectivity index (χ1) is 7.38. The Balaban J connectivity index is 3.28. The molecule has 0 aromatic heterocycles. The van der Waals surface area contributed by atoms with Gasteiger partial charge in [-0.1, -0.05) is 11.6 Å². The van der Waals surface area contributed by atoms with E-state index in [0.29, 0.717) is 0 Å². The van der Waals surface area contributed by atoms with Crippen molar-refractivity contribution in [3.63, 3.8) is 0 Å². The lowest BCUT2D eigenvalue weighted by molar-refractivity contribution is 0.0697. The summed E-state index contributed by atoms with van der Waals surface area (Å²) in [6.45, 7) is -0.520. The summed E-state index contributed by atoms with van der Waals surface area (Å²) in [6, 6.07) is 3.39. The van der Waals surface area contributed by atoms with Crippen LogP contribution in [-0.4, -0.2) is 37.0 Å². The number of halogens is 1. The van der Waals surface area contributed by atoms with Gasteiger partial charge in [0.15, 0.2) is 9.84 Å². The predicted molar refractivity (Wildman–Crippen MR) is 57.5 cm³/mol. The third kappa shape index (κ3) is 2.72. The Morgan fingerprint density at radius 2 is 2.00 bits per heavy atom. The molecule has 0 fully saturated rings.